The van der Waals surface area contributed by atoms with Crippen LogP contribution in [0.1, 0.15) is 23.3 Å². The van der Waals surface area contributed by atoms with Crippen molar-refractivity contribution in [3.05, 3.63) is 35.4 Å². The summed E-state index contributed by atoms with van der Waals surface area (Å²) in [6, 6.07) is 5.47. The average Bonchev–Trinajstić information content (AvgIpc) is 2.03. The molecule has 0 aliphatic rings. The Bertz CT molecular complexity index is 291. The molecule has 0 fully saturated rings. The van der Waals surface area contributed by atoms with Crippen LogP contribution in [0.15, 0.2) is 24.3 Å². The third-order valence-corrected chi connectivity index (χ3v) is 1.99. The molecule has 72 valence electrons. The number of hydrogen-bond donors (Lipinski definition) is 1. The summed E-state index contributed by atoms with van der Waals surface area (Å²) in [7, 11) is 0. The van der Waals surface area contributed by atoms with Crippen LogP contribution in [-0.4, -0.2) is 0 Å². The van der Waals surface area contributed by atoms with Crippen LogP contribution < -0.4 is 0 Å². The summed E-state index contributed by atoms with van der Waals surface area (Å²) in [5.74, 6) is 0. The Labute approximate surface area is 80.2 Å². The molecule has 0 nitrogen and oxygen atoms in total. The van der Waals surface area contributed by atoms with Crippen LogP contribution in [-0.2, 0) is 6.18 Å². The molecule has 0 heterocycles. The Morgan fingerprint density at radius 2 is 1.77 bits per heavy atom. The van der Waals surface area contributed by atoms with E-state index in [2.05, 4.69) is 12.6 Å². The second kappa shape index (κ2) is 3.62. The number of halogens is 3. The smallest absolute Gasteiger partial charge is 0.171 e. The van der Waals surface area contributed by atoms with Crippen molar-refractivity contribution in [1.29, 1.82) is 0 Å². The number of alkyl halides is 3. The summed E-state index contributed by atoms with van der Waals surface area (Å²) in [6.45, 7) is 1.62. The van der Waals surface area contributed by atoms with E-state index >= 15 is 0 Å². The van der Waals surface area contributed by atoms with E-state index < -0.39 is 17.0 Å². The van der Waals surface area contributed by atoms with Crippen LogP contribution >= 0.6 is 12.6 Å². The molecule has 0 aliphatic heterocycles. The van der Waals surface area contributed by atoms with Crippen molar-refractivity contribution in [2.24, 2.45) is 0 Å². The molecule has 0 N–H and O–H groups in total. The van der Waals surface area contributed by atoms with Crippen molar-refractivity contribution >= 4 is 12.6 Å². The molecular weight excluding hydrogens is 197 g/mol. The molecule has 0 aliphatic carbocycles. The second-order valence-electron chi connectivity index (χ2n) is 2.76. The Balaban J connectivity index is 3.20. The zero-order valence-electron chi connectivity index (χ0n) is 6.97. The first-order chi connectivity index (χ1) is 5.93. The number of hydrogen-bond acceptors (Lipinski definition) is 1. The van der Waals surface area contributed by atoms with Crippen molar-refractivity contribution in [3.63, 3.8) is 0 Å². The van der Waals surface area contributed by atoms with Gasteiger partial charge in [-0.3, -0.25) is 0 Å². The summed E-state index contributed by atoms with van der Waals surface area (Å²) in [6.07, 6.45) is -4.28. The number of rotatable bonds is 1. The van der Waals surface area contributed by atoms with E-state index in [9.17, 15) is 13.2 Å². The second-order valence-corrected chi connectivity index (χ2v) is 3.54. The van der Waals surface area contributed by atoms with Gasteiger partial charge in [-0.15, -0.1) is 0 Å². The van der Waals surface area contributed by atoms with Crippen LogP contribution in [0, 0.1) is 0 Å². The van der Waals surface area contributed by atoms with E-state index in [0.29, 0.717) is 0 Å². The maximum Gasteiger partial charge on any atom is 0.416 e. The van der Waals surface area contributed by atoms with Gasteiger partial charge < -0.3 is 0 Å². The van der Waals surface area contributed by atoms with Crippen molar-refractivity contribution in [1.82, 2.24) is 0 Å². The normalized spacial score (nSPS) is 14.2. The first kappa shape index (κ1) is 10.4. The van der Waals surface area contributed by atoms with Crippen LogP contribution in [0.25, 0.3) is 0 Å². The lowest BCUT2D eigenvalue weighted by atomic mass is 10.0. The number of benzene rings is 1. The fourth-order valence-electron chi connectivity index (χ4n) is 1.12. The standard InChI is InChI=1S/C9H9F3S/c1-6(13)7-4-2-3-5-8(7)9(10,11)12/h2-6,13H,1H3. The predicted octanol–water partition coefficient (Wildman–Crippen LogP) is 3.70. The molecular formula is C9H9F3S. The fraction of sp³-hybridized carbons (Fsp3) is 0.333. The molecule has 0 aromatic heterocycles. The molecule has 1 atom stereocenters. The van der Waals surface area contributed by atoms with Crippen LogP contribution in [0.2, 0.25) is 0 Å². The first-order valence-corrected chi connectivity index (χ1v) is 4.28. The molecule has 0 amide bonds. The van der Waals surface area contributed by atoms with E-state index in [4.69, 9.17) is 0 Å². The van der Waals surface area contributed by atoms with Gasteiger partial charge in [-0.25, -0.2) is 0 Å². The van der Waals surface area contributed by atoms with E-state index in [1.807, 2.05) is 0 Å². The largest absolute Gasteiger partial charge is 0.416 e. The SMILES string of the molecule is CC(S)c1ccccc1C(F)(F)F. The van der Waals surface area contributed by atoms with Gasteiger partial charge in [0.2, 0.25) is 0 Å². The molecule has 0 saturated carbocycles. The topological polar surface area (TPSA) is 0 Å². The average molecular weight is 206 g/mol. The van der Waals surface area contributed by atoms with Crippen LogP contribution in [0.4, 0.5) is 13.2 Å². The maximum atomic E-state index is 12.4. The molecule has 1 rings (SSSR count). The molecule has 0 saturated heterocycles. The summed E-state index contributed by atoms with van der Waals surface area (Å²) in [4.78, 5) is 0. The highest BCUT2D eigenvalue weighted by Crippen LogP contribution is 2.35. The summed E-state index contributed by atoms with van der Waals surface area (Å²) in [5, 5.41) is -0.405. The highest BCUT2D eigenvalue weighted by atomic mass is 32.1. The number of thiol groups is 1. The Morgan fingerprint density at radius 3 is 2.15 bits per heavy atom. The third kappa shape index (κ3) is 2.40. The first-order valence-electron chi connectivity index (χ1n) is 3.77. The van der Waals surface area contributed by atoms with Gasteiger partial charge in [-0.05, 0) is 18.6 Å². The van der Waals surface area contributed by atoms with Gasteiger partial charge in [0.05, 0.1) is 5.56 Å². The van der Waals surface area contributed by atoms with E-state index in [0.717, 1.165) is 6.07 Å². The highest BCUT2D eigenvalue weighted by Gasteiger charge is 2.33. The summed E-state index contributed by atoms with van der Waals surface area (Å²) < 4.78 is 37.1. The fourth-order valence-corrected chi connectivity index (χ4v) is 1.34. The van der Waals surface area contributed by atoms with Crippen LogP contribution in [0.3, 0.4) is 0 Å². The minimum atomic E-state index is -4.28. The van der Waals surface area contributed by atoms with E-state index in [1.54, 1.807) is 13.0 Å². The molecule has 1 aromatic carbocycles. The molecule has 1 aromatic rings. The Kier molecular flexibility index (Phi) is 2.91. The Morgan fingerprint density at radius 1 is 1.23 bits per heavy atom. The molecule has 1 unspecified atom stereocenters. The van der Waals surface area contributed by atoms with Crippen molar-refractivity contribution in [2.45, 2.75) is 18.3 Å². The highest BCUT2D eigenvalue weighted by molar-refractivity contribution is 7.80. The van der Waals surface area contributed by atoms with E-state index in [-0.39, 0.29) is 5.56 Å². The minimum Gasteiger partial charge on any atom is -0.171 e. The molecule has 0 bridgehead atoms. The predicted molar refractivity (Wildman–Crippen MR) is 48.8 cm³/mol. The van der Waals surface area contributed by atoms with Crippen molar-refractivity contribution < 1.29 is 13.2 Å². The molecule has 4 heteroatoms. The van der Waals surface area contributed by atoms with Gasteiger partial charge in [0.15, 0.2) is 0 Å². The molecule has 0 radical (unpaired) electrons. The minimum absolute atomic E-state index is 0.221. The molecule has 13 heavy (non-hydrogen) atoms. The summed E-state index contributed by atoms with van der Waals surface area (Å²) >= 11 is 3.99. The lowest BCUT2D eigenvalue weighted by Crippen LogP contribution is -2.09. The van der Waals surface area contributed by atoms with Gasteiger partial charge in [-0.2, -0.15) is 25.8 Å². The quantitative estimate of drug-likeness (QED) is 0.665. The van der Waals surface area contributed by atoms with Gasteiger partial charge in [0.25, 0.3) is 0 Å². The van der Waals surface area contributed by atoms with Crippen LogP contribution in [0.5, 0.6) is 0 Å². The zero-order chi connectivity index (χ0) is 10.1. The monoisotopic (exact) mass is 206 g/mol. The van der Waals surface area contributed by atoms with Gasteiger partial charge in [0.1, 0.15) is 0 Å². The molecule has 0 spiro atoms. The van der Waals surface area contributed by atoms with Gasteiger partial charge in [0, 0.05) is 5.25 Å². The van der Waals surface area contributed by atoms with Crippen molar-refractivity contribution in [2.75, 3.05) is 0 Å². The van der Waals surface area contributed by atoms with Gasteiger partial charge in [-0.1, -0.05) is 18.2 Å². The Hall–Kier alpha value is -0.640. The maximum absolute atomic E-state index is 12.4. The summed E-state index contributed by atoms with van der Waals surface area (Å²) in [5.41, 5.74) is -0.379. The van der Waals surface area contributed by atoms with Gasteiger partial charge >= 0.3 is 6.18 Å². The van der Waals surface area contributed by atoms with Crippen molar-refractivity contribution in [3.8, 4) is 0 Å². The lowest BCUT2D eigenvalue weighted by Gasteiger charge is -2.14. The van der Waals surface area contributed by atoms with E-state index in [1.165, 1.54) is 12.1 Å². The third-order valence-electron chi connectivity index (χ3n) is 1.72. The zero-order valence-corrected chi connectivity index (χ0v) is 7.86. The lowest BCUT2D eigenvalue weighted by molar-refractivity contribution is -0.138.